The Morgan fingerprint density at radius 2 is 1.74 bits per heavy atom. The molecule has 3 rings (SSSR count). The second kappa shape index (κ2) is 6.16. The number of nitrogens with zero attached hydrogens (tertiary/aromatic N) is 2. The molecule has 0 aliphatic rings. The summed E-state index contributed by atoms with van der Waals surface area (Å²) in [7, 11) is -3.38. The SMILES string of the molecule is CCCS(=O)(=O)c1nc2ccccc2n1Cc1ccccc1C. The lowest BCUT2D eigenvalue weighted by molar-refractivity contribution is 0.574. The molecule has 0 bridgehead atoms. The van der Waals surface area contributed by atoms with Crippen molar-refractivity contribution in [3.05, 3.63) is 59.7 Å². The van der Waals surface area contributed by atoms with Crippen molar-refractivity contribution in [2.45, 2.75) is 32.0 Å². The molecule has 0 unspecified atom stereocenters. The predicted octanol–water partition coefficient (Wildman–Crippen LogP) is 3.58. The Morgan fingerprint density at radius 3 is 2.48 bits per heavy atom. The molecule has 4 nitrogen and oxygen atoms in total. The van der Waals surface area contributed by atoms with E-state index in [2.05, 4.69) is 4.98 Å². The Morgan fingerprint density at radius 1 is 1.04 bits per heavy atom. The van der Waals surface area contributed by atoms with E-state index in [0.29, 0.717) is 13.0 Å². The third-order valence-electron chi connectivity index (χ3n) is 3.96. The Balaban J connectivity index is 2.19. The van der Waals surface area contributed by atoms with Gasteiger partial charge < -0.3 is 4.57 Å². The normalized spacial score (nSPS) is 11.9. The standard InChI is InChI=1S/C18H20N2O2S/c1-3-12-23(21,22)18-19-16-10-6-7-11-17(16)20(18)13-15-9-5-4-8-14(15)2/h4-11H,3,12-13H2,1-2H3. The lowest BCUT2D eigenvalue weighted by Crippen LogP contribution is -2.15. The van der Waals surface area contributed by atoms with Crippen LogP contribution < -0.4 is 0 Å². The van der Waals surface area contributed by atoms with Crippen molar-refractivity contribution in [3.8, 4) is 0 Å². The van der Waals surface area contributed by atoms with E-state index in [9.17, 15) is 8.42 Å². The van der Waals surface area contributed by atoms with Crippen molar-refractivity contribution in [1.29, 1.82) is 0 Å². The molecule has 0 N–H and O–H groups in total. The molecule has 0 saturated carbocycles. The average Bonchev–Trinajstić information content (AvgIpc) is 2.89. The first kappa shape index (κ1) is 15.7. The molecule has 0 radical (unpaired) electrons. The number of hydrogen-bond donors (Lipinski definition) is 0. The van der Waals surface area contributed by atoms with Crippen LogP contribution in [-0.2, 0) is 16.4 Å². The van der Waals surface area contributed by atoms with Gasteiger partial charge in [-0.3, -0.25) is 0 Å². The van der Waals surface area contributed by atoms with E-state index in [4.69, 9.17) is 0 Å². The number of aryl methyl sites for hydroxylation is 1. The van der Waals surface area contributed by atoms with Crippen molar-refractivity contribution in [3.63, 3.8) is 0 Å². The minimum atomic E-state index is -3.38. The number of imidazole rings is 1. The smallest absolute Gasteiger partial charge is 0.229 e. The monoisotopic (exact) mass is 328 g/mol. The van der Waals surface area contributed by atoms with Crippen LogP contribution in [0.1, 0.15) is 24.5 Å². The molecule has 0 aliphatic carbocycles. The van der Waals surface area contributed by atoms with Gasteiger partial charge in [-0.05, 0) is 36.6 Å². The van der Waals surface area contributed by atoms with E-state index in [1.54, 1.807) is 0 Å². The van der Waals surface area contributed by atoms with E-state index in [1.165, 1.54) is 0 Å². The lowest BCUT2D eigenvalue weighted by Gasteiger charge is -2.11. The Kier molecular flexibility index (Phi) is 4.22. The van der Waals surface area contributed by atoms with Crippen molar-refractivity contribution in [2.75, 3.05) is 5.75 Å². The van der Waals surface area contributed by atoms with Crippen LogP contribution >= 0.6 is 0 Å². The predicted molar refractivity (Wildman–Crippen MR) is 92.4 cm³/mol. The summed E-state index contributed by atoms with van der Waals surface area (Å²) in [5, 5.41) is 0.170. The summed E-state index contributed by atoms with van der Waals surface area (Å²) in [4.78, 5) is 4.40. The summed E-state index contributed by atoms with van der Waals surface area (Å²) < 4.78 is 27.1. The molecule has 0 saturated heterocycles. The third-order valence-corrected chi connectivity index (χ3v) is 5.77. The first-order valence-corrected chi connectivity index (χ1v) is 9.40. The fraction of sp³-hybridized carbons (Fsp3) is 0.278. The molecule has 1 aromatic heterocycles. The largest absolute Gasteiger partial charge is 0.310 e. The number of hydrogen-bond acceptors (Lipinski definition) is 3. The minimum Gasteiger partial charge on any atom is -0.310 e. The topological polar surface area (TPSA) is 52.0 Å². The van der Waals surface area contributed by atoms with Gasteiger partial charge in [-0.1, -0.05) is 43.3 Å². The number of fused-ring (bicyclic) bond motifs is 1. The number of benzene rings is 2. The molecule has 0 atom stereocenters. The summed E-state index contributed by atoms with van der Waals surface area (Å²) in [5.41, 5.74) is 3.81. The second-order valence-corrected chi connectivity index (χ2v) is 7.72. The minimum absolute atomic E-state index is 0.115. The molecule has 0 fully saturated rings. The van der Waals surface area contributed by atoms with Gasteiger partial charge in [0.25, 0.3) is 0 Å². The van der Waals surface area contributed by atoms with Gasteiger partial charge in [-0.15, -0.1) is 0 Å². The maximum Gasteiger partial charge on any atom is 0.229 e. The number of sulfone groups is 1. The molecule has 5 heteroatoms. The van der Waals surface area contributed by atoms with E-state index < -0.39 is 9.84 Å². The Hall–Kier alpha value is -2.14. The molecule has 0 spiro atoms. The van der Waals surface area contributed by atoms with Gasteiger partial charge in [-0.25, -0.2) is 13.4 Å². The van der Waals surface area contributed by atoms with Crippen LogP contribution in [0.3, 0.4) is 0 Å². The Bertz CT molecular complexity index is 943. The first-order chi connectivity index (χ1) is 11.0. The fourth-order valence-corrected chi connectivity index (χ4v) is 4.22. The van der Waals surface area contributed by atoms with Crippen LogP contribution in [0.2, 0.25) is 0 Å². The zero-order valence-corrected chi connectivity index (χ0v) is 14.2. The maximum absolute atomic E-state index is 12.6. The first-order valence-electron chi connectivity index (χ1n) is 7.75. The second-order valence-electron chi connectivity index (χ2n) is 5.71. The highest BCUT2D eigenvalue weighted by Crippen LogP contribution is 2.23. The van der Waals surface area contributed by atoms with Crippen LogP contribution in [0, 0.1) is 6.92 Å². The van der Waals surface area contributed by atoms with Crippen molar-refractivity contribution in [2.24, 2.45) is 0 Å². The zero-order chi connectivity index (χ0) is 16.4. The highest BCUT2D eigenvalue weighted by atomic mass is 32.2. The Labute approximate surface area is 136 Å². The van der Waals surface area contributed by atoms with E-state index in [1.807, 2.05) is 66.9 Å². The summed E-state index contributed by atoms with van der Waals surface area (Å²) in [6.45, 7) is 4.41. The van der Waals surface area contributed by atoms with Gasteiger partial charge in [0, 0.05) is 0 Å². The van der Waals surface area contributed by atoms with Crippen molar-refractivity contribution in [1.82, 2.24) is 9.55 Å². The van der Waals surface area contributed by atoms with Gasteiger partial charge in [0.15, 0.2) is 0 Å². The maximum atomic E-state index is 12.6. The highest BCUT2D eigenvalue weighted by molar-refractivity contribution is 7.91. The van der Waals surface area contributed by atoms with E-state index in [0.717, 1.165) is 22.2 Å². The molecule has 120 valence electrons. The molecule has 23 heavy (non-hydrogen) atoms. The molecule has 2 aromatic carbocycles. The van der Waals surface area contributed by atoms with Gasteiger partial charge in [0.05, 0.1) is 23.3 Å². The molecular formula is C18H20N2O2S. The van der Waals surface area contributed by atoms with Crippen LogP contribution in [0.5, 0.6) is 0 Å². The van der Waals surface area contributed by atoms with Crippen LogP contribution in [0.25, 0.3) is 11.0 Å². The lowest BCUT2D eigenvalue weighted by atomic mass is 10.1. The molecule has 0 aliphatic heterocycles. The number of rotatable bonds is 5. The van der Waals surface area contributed by atoms with E-state index >= 15 is 0 Å². The third kappa shape index (κ3) is 3.01. The van der Waals surface area contributed by atoms with Crippen LogP contribution in [-0.4, -0.2) is 23.7 Å². The zero-order valence-electron chi connectivity index (χ0n) is 13.4. The summed E-state index contributed by atoms with van der Waals surface area (Å²) in [6.07, 6.45) is 0.579. The summed E-state index contributed by atoms with van der Waals surface area (Å²) >= 11 is 0. The van der Waals surface area contributed by atoms with Gasteiger partial charge in [0.2, 0.25) is 15.0 Å². The molecular weight excluding hydrogens is 308 g/mol. The average molecular weight is 328 g/mol. The van der Waals surface area contributed by atoms with Crippen LogP contribution in [0.4, 0.5) is 0 Å². The van der Waals surface area contributed by atoms with Gasteiger partial charge >= 0.3 is 0 Å². The van der Waals surface area contributed by atoms with Crippen molar-refractivity contribution < 1.29 is 8.42 Å². The molecule has 1 heterocycles. The van der Waals surface area contributed by atoms with Gasteiger partial charge in [0.1, 0.15) is 0 Å². The number of para-hydroxylation sites is 2. The van der Waals surface area contributed by atoms with Crippen LogP contribution in [0.15, 0.2) is 53.7 Å². The number of aromatic nitrogens is 2. The van der Waals surface area contributed by atoms with Gasteiger partial charge in [-0.2, -0.15) is 0 Å². The van der Waals surface area contributed by atoms with Crippen molar-refractivity contribution >= 4 is 20.9 Å². The molecule has 3 aromatic rings. The molecule has 0 amide bonds. The summed E-state index contributed by atoms with van der Waals surface area (Å²) in [5.74, 6) is 0.115. The summed E-state index contributed by atoms with van der Waals surface area (Å²) in [6, 6.07) is 15.6. The highest BCUT2D eigenvalue weighted by Gasteiger charge is 2.23. The fourth-order valence-electron chi connectivity index (χ4n) is 2.76. The van der Waals surface area contributed by atoms with E-state index in [-0.39, 0.29) is 10.9 Å². The quantitative estimate of drug-likeness (QED) is 0.719.